The smallest absolute Gasteiger partial charge is 0.159 e. The van der Waals surface area contributed by atoms with Crippen molar-refractivity contribution < 1.29 is 0 Å². The molecule has 0 radical (unpaired) electrons. The van der Waals surface area contributed by atoms with Gasteiger partial charge < -0.3 is 5.41 Å². The van der Waals surface area contributed by atoms with Crippen LogP contribution in [0.2, 0.25) is 0 Å². The molecule has 3 rings (SSSR count). The first-order valence-electron chi connectivity index (χ1n) is 5.84. The number of nitrogens with one attached hydrogen (secondary N) is 1. The lowest BCUT2D eigenvalue weighted by Gasteiger charge is -2.15. The summed E-state index contributed by atoms with van der Waals surface area (Å²) in [6, 6.07) is 9.92. The fourth-order valence-corrected chi connectivity index (χ4v) is 2.15. The fraction of sp³-hybridized carbons (Fsp3) is 0.214. The molecule has 0 unspecified atom stereocenters. The van der Waals surface area contributed by atoms with E-state index in [1.165, 1.54) is 0 Å². The van der Waals surface area contributed by atoms with Crippen molar-refractivity contribution in [2.75, 3.05) is 0 Å². The van der Waals surface area contributed by atoms with Crippen LogP contribution in [0.5, 0.6) is 0 Å². The summed E-state index contributed by atoms with van der Waals surface area (Å²) in [5.41, 5.74) is 3.60. The first kappa shape index (κ1) is 10.1. The van der Waals surface area contributed by atoms with E-state index in [1.807, 2.05) is 36.5 Å². The van der Waals surface area contributed by atoms with Crippen LogP contribution in [0.25, 0.3) is 11.4 Å². The Hall–Kier alpha value is -2.03. The SMILES string of the molecule is N=C1CCCc2cnc(-c3ccccc3)nc21. The summed E-state index contributed by atoms with van der Waals surface area (Å²) in [6.07, 6.45) is 4.74. The van der Waals surface area contributed by atoms with E-state index in [0.29, 0.717) is 5.71 Å². The molecular formula is C14H13N3. The molecule has 0 fully saturated rings. The van der Waals surface area contributed by atoms with Crippen molar-refractivity contribution in [1.82, 2.24) is 9.97 Å². The molecule has 0 aliphatic heterocycles. The Morgan fingerprint density at radius 2 is 1.88 bits per heavy atom. The Kier molecular flexibility index (Phi) is 2.44. The molecule has 1 heterocycles. The van der Waals surface area contributed by atoms with Gasteiger partial charge >= 0.3 is 0 Å². The summed E-state index contributed by atoms with van der Waals surface area (Å²) in [7, 11) is 0. The molecule has 0 bridgehead atoms. The van der Waals surface area contributed by atoms with Gasteiger partial charge in [0, 0.05) is 11.8 Å². The Morgan fingerprint density at radius 1 is 1.06 bits per heavy atom. The zero-order valence-electron chi connectivity index (χ0n) is 9.48. The van der Waals surface area contributed by atoms with Crippen LogP contribution in [0.1, 0.15) is 24.1 Å². The van der Waals surface area contributed by atoms with Crippen molar-refractivity contribution in [3.05, 3.63) is 47.8 Å². The Bertz CT molecular complexity index is 561. The van der Waals surface area contributed by atoms with Gasteiger partial charge in [-0.2, -0.15) is 0 Å². The third kappa shape index (κ3) is 1.84. The normalized spacial score (nSPS) is 14.5. The number of benzene rings is 1. The minimum absolute atomic E-state index is 0.644. The average Bonchev–Trinajstić information content (AvgIpc) is 2.40. The van der Waals surface area contributed by atoms with Gasteiger partial charge in [-0.15, -0.1) is 0 Å². The van der Waals surface area contributed by atoms with Crippen molar-refractivity contribution in [2.24, 2.45) is 0 Å². The highest BCUT2D eigenvalue weighted by molar-refractivity contribution is 5.98. The molecule has 1 aliphatic carbocycles. The summed E-state index contributed by atoms with van der Waals surface area (Å²) in [4.78, 5) is 8.92. The molecule has 0 atom stereocenters. The van der Waals surface area contributed by atoms with E-state index in [9.17, 15) is 0 Å². The molecule has 0 amide bonds. The Morgan fingerprint density at radius 3 is 2.71 bits per heavy atom. The number of aryl methyl sites for hydroxylation is 1. The van der Waals surface area contributed by atoms with Gasteiger partial charge in [0.05, 0.1) is 11.4 Å². The zero-order valence-corrected chi connectivity index (χ0v) is 9.48. The van der Waals surface area contributed by atoms with Gasteiger partial charge in [0.15, 0.2) is 5.82 Å². The van der Waals surface area contributed by atoms with Crippen LogP contribution in [0.3, 0.4) is 0 Å². The topological polar surface area (TPSA) is 49.6 Å². The minimum atomic E-state index is 0.644. The molecule has 1 N–H and O–H groups in total. The molecule has 3 heteroatoms. The van der Waals surface area contributed by atoms with Crippen LogP contribution in [-0.2, 0) is 6.42 Å². The highest BCUT2D eigenvalue weighted by Gasteiger charge is 2.17. The average molecular weight is 223 g/mol. The van der Waals surface area contributed by atoms with E-state index >= 15 is 0 Å². The van der Waals surface area contributed by atoms with Crippen molar-refractivity contribution in [3.63, 3.8) is 0 Å². The van der Waals surface area contributed by atoms with Crippen LogP contribution >= 0.6 is 0 Å². The third-order valence-corrected chi connectivity index (χ3v) is 3.06. The number of hydrogen-bond acceptors (Lipinski definition) is 3. The van der Waals surface area contributed by atoms with Gasteiger partial charge in [-0.05, 0) is 24.8 Å². The standard InChI is InChI=1S/C14H13N3/c15-12-8-4-7-11-9-16-14(17-13(11)12)10-5-2-1-3-6-10/h1-3,5-6,9,15H,4,7-8H2. The lowest BCUT2D eigenvalue weighted by Crippen LogP contribution is -2.14. The molecule has 0 saturated carbocycles. The predicted molar refractivity (Wildman–Crippen MR) is 67.2 cm³/mol. The summed E-state index contributed by atoms with van der Waals surface area (Å²) >= 11 is 0. The largest absolute Gasteiger partial charge is 0.303 e. The van der Waals surface area contributed by atoms with Crippen molar-refractivity contribution in [1.29, 1.82) is 5.41 Å². The number of aromatic nitrogens is 2. The van der Waals surface area contributed by atoms with E-state index in [-0.39, 0.29) is 0 Å². The van der Waals surface area contributed by atoms with Gasteiger partial charge in [-0.1, -0.05) is 30.3 Å². The van der Waals surface area contributed by atoms with Gasteiger partial charge in [0.1, 0.15) is 0 Å². The van der Waals surface area contributed by atoms with Crippen LogP contribution < -0.4 is 0 Å². The van der Waals surface area contributed by atoms with E-state index in [2.05, 4.69) is 9.97 Å². The maximum absolute atomic E-state index is 7.94. The Balaban J connectivity index is 2.09. The first-order valence-corrected chi connectivity index (χ1v) is 5.84. The predicted octanol–water partition coefficient (Wildman–Crippen LogP) is 2.85. The molecule has 17 heavy (non-hydrogen) atoms. The molecule has 1 aromatic heterocycles. The molecule has 1 aromatic carbocycles. The molecule has 84 valence electrons. The van der Waals surface area contributed by atoms with Gasteiger partial charge in [-0.25, -0.2) is 9.97 Å². The summed E-state index contributed by atoms with van der Waals surface area (Å²) < 4.78 is 0. The molecule has 0 saturated heterocycles. The molecule has 0 spiro atoms. The fourth-order valence-electron chi connectivity index (χ4n) is 2.15. The second-order valence-electron chi connectivity index (χ2n) is 4.27. The molecule has 2 aromatic rings. The highest BCUT2D eigenvalue weighted by atomic mass is 14.9. The maximum Gasteiger partial charge on any atom is 0.159 e. The summed E-state index contributed by atoms with van der Waals surface area (Å²) in [6.45, 7) is 0. The van der Waals surface area contributed by atoms with Crippen molar-refractivity contribution in [3.8, 4) is 11.4 Å². The number of fused-ring (bicyclic) bond motifs is 1. The third-order valence-electron chi connectivity index (χ3n) is 3.06. The summed E-state index contributed by atoms with van der Waals surface area (Å²) in [5, 5.41) is 7.94. The number of hydrogen-bond donors (Lipinski definition) is 1. The molecular weight excluding hydrogens is 210 g/mol. The van der Waals surface area contributed by atoms with Gasteiger partial charge in [0.2, 0.25) is 0 Å². The van der Waals surface area contributed by atoms with Crippen LogP contribution in [-0.4, -0.2) is 15.7 Å². The van der Waals surface area contributed by atoms with Crippen molar-refractivity contribution >= 4 is 5.71 Å². The van der Waals surface area contributed by atoms with Gasteiger partial charge in [0.25, 0.3) is 0 Å². The maximum atomic E-state index is 7.94. The number of rotatable bonds is 1. The monoisotopic (exact) mass is 223 g/mol. The van der Waals surface area contributed by atoms with Crippen molar-refractivity contribution in [2.45, 2.75) is 19.3 Å². The van der Waals surface area contributed by atoms with Crippen LogP contribution in [0.15, 0.2) is 36.5 Å². The van der Waals surface area contributed by atoms with Crippen LogP contribution in [0.4, 0.5) is 0 Å². The summed E-state index contributed by atoms with van der Waals surface area (Å²) in [5.74, 6) is 0.719. The van der Waals surface area contributed by atoms with Crippen LogP contribution in [0, 0.1) is 5.41 Å². The highest BCUT2D eigenvalue weighted by Crippen LogP contribution is 2.21. The van der Waals surface area contributed by atoms with E-state index in [1.54, 1.807) is 0 Å². The lowest BCUT2D eigenvalue weighted by molar-refractivity contribution is 0.814. The Labute approximate surface area is 100 Å². The van der Waals surface area contributed by atoms with E-state index < -0.39 is 0 Å². The lowest BCUT2D eigenvalue weighted by atomic mass is 9.95. The second-order valence-corrected chi connectivity index (χ2v) is 4.27. The molecule has 3 nitrogen and oxygen atoms in total. The zero-order chi connectivity index (χ0) is 11.7. The second kappa shape index (κ2) is 4.09. The van der Waals surface area contributed by atoms with E-state index in [0.717, 1.165) is 41.9 Å². The van der Waals surface area contributed by atoms with E-state index in [4.69, 9.17) is 5.41 Å². The number of nitrogens with zero attached hydrogens (tertiary/aromatic N) is 2. The van der Waals surface area contributed by atoms with Gasteiger partial charge in [-0.3, -0.25) is 0 Å². The first-order chi connectivity index (χ1) is 8.34. The molecule has 1 aliphatic rings. The quantitative estimate of drug-likeness (QED) is 0.808. The minimum Gasteiger partial charge on any atom is -0.303 e.